The number of carbonyl (C=O) groups excluding carboxylic acids is 1. The third-order valence-electron chi connectivity index (χ3n) is 5.51. The van der Waals surface area contributed by atoms with Crippen LogP contribution in [0.15, 0.2) is 56.1 Å². The minimum atomic E-state index is -4.06. The summed E-state index contributed by atoms with van der Waals surface area (Å²) in [7, 11) is -4.06. The van der Waals surface area contributed by atoms with Crippen LogP contribution >= 0.6 is 22.7 Å². The van der Waals surface area contributed by atoms with Crippen molar-refractivity contribution >= 4 is 49.6 Å². The Balaban J connectivity index is 1.74. The van der Waals surface area contributed by atoms with Gasteiger partial charge in [-0.15, -0.1) is 22.7 Å². The highest BCUT2D eigenvalue weighted by atomic mass is 32.2. The number of thiazole rings is 2. The zero-order valence-corrected chi connectivity index (χ0v) is 22.3. The van der Waals surface area contributed by atoms with Crippen LogP contribution in [0.3, 0.4) is 0 Å². The number of fused-ring (bicyclic) bond motifs is 1. The lowest BCUT2D eigenvalue weighted by Gasteiger charge is -2.30. The summed E-state index contributed by atoms with van der Waals surface area (Å²) in [5.74, 6) is -0.0956. The Hall–Kier alpha value is -2.60. The maximum atomic E-state index is 14.0. The SMILES string of the molecule is Cc1nc(CN([C@@H](CCc2cscn2)C(=O)NCC(C)C)S(=O)(=O)c2ccc3occc3c2)cs1. The molecule has 8 nitrogen and oxygen atoms in total. The molecule has 35 heavy (non-hydrogen) atoms. The van der Waals surface area contributed by atoms with Crippen molar-refractivity contribution in [1.29, 1.82) is 0 Å². The maximum absolute atomic E-state index is 14.0. The number of amides is 1. The fourth-order valence-electron chi connectivity index (χ4n) is 3.72. The van der Waals surface area contributed by atoms with E-state index in [1.54, 1.807) is 23.7 Å². The van der Waals surface area contributed by atoms with Gasteiger partial charge in [-0.05, 0) is 49.9 Å². The molecule has 0 aliphatic heterocycles. The smallest absolute Gasteiger partial charge is 0.244 e. The zero-order chi connectivity index (χ0) is 25.0. The minimum absolute atomic E-state index is 0.00702. The second-order valence-corrected chi connectivity index (χ2v) is 12.4. The summed E-state index contributed by atoms with van der Waals surface area (Å²) in [6, 6.07) is 5.53. The average Bonchev–Trinajstić information content (AvgIpc) is 3.58. The molecule has 4 aromatic rings. The van der Waals surface area contributed by atoms with E-state index in [-0.39, 0.29) is 23.3 Å². The molecule has 0 aliphatic rings. The van der Waals surface area contributed by atoms with Crippen LogP contribution < -0.4 is 5.32 Å². The van der Waals surface area contributed by atoms with E-state index in [9.17, 15) is 13.2 Å². The molecule has 0 saturated heterocycles. The van der Waals surface area contributed by atoms with Gasteiger partial charge >= 0.3 is 0 Å². The Morgan fingerprint density at radius 2 is 2.03 bits per heavy atom. The topological polar surface area (TPSA) is 105 Å². The normalized spacial score (nSPS) is 13.1. The first-order valence-corrected chi connectivity index (χ1v) is 14.5. The molecule has 1 atom stereocenters. The van der Waals surface area contributed by atoms with Crippen LogP contribution in [-0.4, -0.2) is 41.2 Å². The van der Waals surface area contributed by atoms with Crippen LogP contribution in [0.1, 0.15) is 36.7 Å². The van der Waals surface area contributed by atoms with Crippen LogP contribution in [-0.2, 0) is 27.8 Å². The van der Waals surface area contributed by atoms with Gasteiger partial charge in [-0.3, -0.25) is 4.79 Å². The Bertz CT molecular complexity index is 1380. The first-order valence-electron chi connectivity index (χ1n) is 11.3. The lowest BCUT2D eigenvalue weighted by atomic mass is 10.1. The van der Waals surface area contributed by atoms with E-state index in [2.05, 4.69) is 15.3 Å². The van der Waals surface area contributed by atoms with Gasteiger partial charge in [0, 0.05) is 22.7 Å². The first kappa shape index (κ1) is 25.5. The highest BCUT2D eigenvalue weighted by Gasteiger charge is 2.36. The van der Waals surface area contributed by atoms with Gasteiger partial charge < -0.3 is 9.73 Å². The molecular formula is C24H28N4O4S3. The van der Waals surface area contributed by atoms with Crippen molar-refractivity contribution in [3.8, 4) is 0 Å². The Morgan fingerprint density at radius 3 is 2.71 bits per heavy atom. The molecule has 4 rings (SSSR count). The molecule has 0 unspecified atom stereocenters. The number of furan rings is 1. The largest absolute Gasteiger partial charge is 0.464 e. The summed E-state index contributed by atoms with van der Waals surface area (Å²) < 4.78 is 34.7. The summed E-state index contributed by atoms with van der Waals surface area (Å²) in [4.78, 5) is 22.3. The van der Waals surface area contributed by atoms with Crippen molar-refractivity contribution in [3.05, 3.63) is 63.2 Å². The number of benzene rings is 1. The van der Waals surface area contributed by atoms with Crippen LogP contribution in [0.5, 0.6) is 0 Å². The summed E-state index contributed by atoms with van der Waals surface area (Å²) in [6.45, 7) is 6.31. The molecule has 1 amide bonds. The van der Waals surface area contributed by atoms with E-state index in [0.717, 1.165) is 10.7 Å². The molecule has 11 heteroatoms. The summed E-state index contributed by atoms with van der Waals surface area (Å²) in [5.41, 5.74) is 3.77. The molecule has 0 fully saturated rings. The highest BCUT2D eigenvalue weighted by molar-refractivity contribution is 7.89. The second kappa shape index (κ2) is 11.0. The molecule has 0 saturated carbocycles. The van der Waals surface area contributed by atoms with Crippen molar-refractivity contribution in [2.75, 3.05) is 6.54 Å². The van der Waals surface area contributed by atoms with Crippen molar-refractivity contribution in [1.82, 2.24) is 19.6 Å². The third-order valence-corrected chi connectivity index (χ3v) is 8.82. The number of rotatable bonds is 11. The first-order chi connectivity index (χ1) is 16.7. The number of aromatic nitrogens is 2. The van der Waals surface area contributed by atoms with Gasteiger partial charge in [0.15, 0.2) is 0 Å². The van der Waals surface area contributed by atoms with Gasteiger partial charge in [0.1, 0.15) is 11.6 Å². The Kier molecular flexibility index (Phi) is 8.00. The average molecular weight is 533 g/mol. The number of nitrogens with zero attached hydrogens (tertiary/aromatic N) is 3. The molecule has 0 radical (unpaired) electrons. The Morgan fingerprint density at radius 1 is 1.20 bits per heavy atom. The maximum Gasteiger partial charge on any atom is 0.244 e. The van der Waals surface area contributed by atoms with Crippen LogP contribution in [0, 0.1) is 12.8 Å². The highest BCUT2D eigenvalue weighted by Crippen LogP contribution is 2.27. The van der Waals surface area contributed by atoms with E-state index in [1.165, 1.54) is 39.3 Å². The molecule has 3 aromatic heterocycles. The van der Waals surface area contributed by atoms with Crippen LogP contribution in [0.2, 0.25) is 0 Å². The van der Waals surface area contributed by atoms with Gasteiger partial charge in [0.25, 0.3) is 0 Å². The lowest BCUT2D eigenvalue weighted by Crippen LogP contribution is -2.50. The number of nitrogens with one attached hydrogen (secondary N) is 1. The lowest BCUT2D eigenvalue weighted by molar-refractivity contribution is -0.125. The van der Waals surface area contributed by atoms with Crippen molar-refractivity contribution in [2.45, 2.75) is 51.1 Å². The van der Waals surface area contributed by atoms with E-state index in [1.807, 2.05) is 31.5 Å². The predicted molar refractivity (Wildman–Crippen MR) is 138 cm³/mol. The molecule has 186 valence electrons. The number of hydrogen-bond donors (Lipinski definition) is 1. The van der Waals surface area contributed by atoms with E-state index in [0.29, 0.717) is 36.0 Å². The standard InChI is InChI=1S/C24H28N4O4S3/c1-16(2)11-25-24(29)22(6-4-19-13-33-15-26-19)28(12-20-14-34-17(3)27-20)35(30,31)21-5-7-23-18(10-21)8-9-32-23/h5,7-10,13-16,22H,4,6,11-12H2,1-3H3,(H,25,29)/t22-/m0/s1. The number of sulfonamides is 1. The van der Waals surface area contributed by atoms with Gasteiger partial charge in [-0.25, -0.2) is 18.4 Å². The molecule has 1 N–H and O–H groups in total. The van der Waals surface area contributed by atoms with Crippen LogP contribution in [0.25, 0.3) is 11.0 Å². The van der Waals surface area contributed by atoms with Gasteiger partial charge in [0.2, 0.25) is 15.9 Å². The van der Waals surface area contributed by atoms with Crippen LogP contribution in [0.4, 0.5) is 0 Å². The minimum Gasteiger partial charge on any atom is -0.464 e. The second-order valence-electron chi connectivity index (χ2n) is 8.70. The summed E-state index contributed by atoms with van der Waals surface area (Å²) >= 11 is 2.92. The molecule has 0 spiro atoms. The van der Waals surface area contributed by atoms with Crippen molar-refractivity contribution in [2.24, 2.45) is 5.92 Å². The molecule has 0 bridgehead atoms. The summed E-state index contributed by atoms with van der Waals surface area (Å²) in [5, 5.41) is 8.20. The zero-order valence-electron chi connectivity index (χ0n) is 19.8. The number of carbonyl (C=O) groups is 1. The Labute approximate surface area is 213 Å². The van der Waals surface area contributed by atoms with Crippen molar-refractivity contribution in [3.63, 3.8) is 0 Å². The van der Waals surface area contributed by atoms with E-state index < -0.39 is 16.1 Å². The molecular weight excluding hydrogens is 504 g/mol. The van der Waals surface area contributed by atoms with Gasteiger partial charge in [0.05, 0.1) is 39.6 Å². The number of aryl methyl sites for hydroxylation is 2. The summed E-state index contributed by atoms with van der Waals surface area (Å²) in [6.07, 6.45) is 2.29. The third kappa shape index (κ3) is 6.16. The van der Waals surface area contributed by atoms with E-state index >= 15 is 0 Å². The monoisotopic (exact) mass is 532 g/mol. The molecule has 3 heterocycles. The van der Waals surface area contributed by atoms with Gasteiger partial charge in [-0.1, -0.05) is 13.8 Å². The quantitative estimate of drug-likeness (QED) is 0.302. The van der Waals surface area contributed by atoms with Gasteiger partial charge in [-0.2, -0.15) is 4.31 Å². The fraction of sp³-hybridized carbons (Fsp3) is 0.375. The molecule has 1 aromatic carbocycles. The molecule has 0 aliphatic carbocycles. The van der Waals surface area contributed by atoms with E-state index in [4.69, 9.17) is 4.42 Å². The van der Waals surface area contributed by atoms with Crippen molar-refractivity contribution < 1.29 is 17.6 Å². The predicted octanol–water partition coefficient (Wildman–Crippen LogP) is 4.62. The number of hydrogen-bond acceptors (Lipinski definition) is 8. The fourth-order valence-corrected chi connectivity index (χ4v) is 6.54.